The van der Waals surface area contributed by atoms with Gasteiger partial charge in [0.1, 0.15) is 5.75 Å². The number of aryl methyl sites for hydroxylation is 2. The van der Waals surface area contributed by atoms with Gasteiger partial charge in [0.05, 0.1) is 6.10 Å². The van der Waals surface area contributed by atoms with Crippen LogP contribution in [0.5, 0.6) is 5.75 Å². The number of hydrogen-bond donors (Lipinski definition) is 2. The molecule has 0 aromatic heterocycles. The number of phenolic OH excluding ortho intramolecular Hbond substituents is 1. The summed E-state index contributed by atoms with van der Waals surface area (Å²) in [7, 11) is 0. The number of aliphatic hydroxyl groups is 1. The second-order valence-corrected chi connectivity index (χ2v) is 7.85. The maximum absolute atomic E-state index is 10.5. The van der Waals surface area contributed by atoms with Crippen molar-refractivity contribution in [3.63, 3.8) is 0 Å². The van der Waals surface area contributed by atoms with Gasteiger partial charge in [0, 0.05) is 44.3 Å². The standard InChI is InChI=1S/C22H29ClN2O2/c1-3-18-13-17(12-16(2)22(18)27)14-24-8-10-25(11-9-24)15-21(26)19-4-6-20(23)7-5-19/h4-7,12-13,21,26-27H,3,8-11,14-15H2,1-2H3. The second-order valence-electron chi connectivity index (χ2n) is 7.42. The fourth-order valence-corrected chi connectivity index (χ4v) is 3.84. The molecule has 0 radical (unpaired) electrons. The molecule has 2 aromatic carbocycles. The number of phenols is 1. The van der Waals surface area contributed by atoms with Crippen molar-refractivity contribution >= 4 is 11.6 Å². The molecule has 2 N–H and O–H groups in total. The van der Waals surface area contributed by atoms with E-state index in [-0.39, 0.29) is 0 Å². The summed E-state index contributed by atoms with van der Waals surface area (Å²) in [6, 6.07) is 11.6. The Morgan fingerprint density at radius 3 is 2.30 bits per heavy atom. The Bertz CT molecular complexity index is 756. The highest BCUT2D eigenvalue weighted by molar-refractivity contribution is 6.30. The van der Waals surface area contributed by atoms with Crippen LogP contribution in [-0.4, -0.2) is 52.7 Å². The van der Waals surface area contributed by atoms with Crippen LogP contribution < -0.4 is 0 Å². The third-order valence-electron chi connectivity index (χ3n) is 5.38. The van der Waals surface area contributed by atoms with Crippen LogP contribution in [0.15, 0.2) is 36.4 Å². The number of nitrogens with zero attached hydrogens (tertiary/aromatic N) is 2. The van der Waals surface area contributed by atoms with Crippen LogP contribution in [0.4, 0.5) is 0 Å². The number of β-amino-alcohol motifs (C(OH)–C–C–N with tert-alkyl or cyclic N) is 1. The number of aliphatic hydroxyl groups excluding tert-OH is 1. The first kappa shape index (κ1) is 20.2. The van der Waals surface area contributed by atoms with E-state index in [1.807, 2.05) is 31.2 Å². The molecule has 5 heteroatoms. The minimum atomic E-state index is -0.485. The zero-order valence-corrected chi connectivity index (χ0v) is 16.9. The monoisotopic (exact) mass is 388 g/mol. The second kappa shape index (κ2) is 9.07. The molecular formula is C22H29ClN2O2. The summed E-state index contributed by atoms with van der Waals surface area (Å²) in [5, 5.41) is 21.3. The van der Waals surface area contributed by atoms with Gasteiger partial charge in [-0.2, -0.15) is 0 Å². The molecule has 2 aromatic rings. The molecule has 4 nitrogen and oxygen atoms in total. The Morgan fingerprint density at radius 2 is 1.67 bits per heavy atom. The normalized spacial score (nSPS) is 17.2. The molecule has 0 bridgehead atoms. The summed E-state index contributed by atoms with van der Waals surface area (Å²) in [6.07, 6.45) is 0.359. The van der Waals surface area contributed by atoms with Gasteiger partial charge in [0.15, 0.2) is 0 Å². The number of halogens is 1. The van der Waals surface area contributed by atoms with E-state index in [0.717, 1.165) is 55.8 Å². The molecular weight excluding hydrogens is 360 g/mol. The molecule has 1 aliphatic heterocycles. The lowest BCUT2D eigenvalue weighted by Gasteiger charge is -2.35. The number of benzene rings is 2. The first-order valence-electron chi connectivity index (χ1n) is 9.66. The van der Waals surface area contributed by atoms with Gasteiger partial charge in [-0.3, -0.25) is 9.80 Å². The van der Waals surface area contributed by atoms with E-state index in [1.165, 1.54) is 5.56 Å². The number of hydrogen-bond acceptors (Lipinski definition) is 4. The van der Waals surface area contributed by atoms with E-state index in [9.17, 15) is 10.2 Å². The molecule has 1 heterocycles. The SMILES string of the molecule is CCc1cc(CN2CCN(CC(O)c3ccc(Cl)cc3)CC2)cc(C)c1O. The number of rotatable bonds is 6. The molecule has 1 fully saturated rings. The molecule has 0 spiro atoms. The molecule has 0 aliphatic carbocycles. The van der Waals surface area contributed by atoms with Crippen molar-refractivity contribution in [2.24, 2.45) is 0 Å². The van der Waals surface area contributed by atoms with Crippen LogP contribution in [0.1, 0.15) is 35.3 Å². The third kappa shape index (κ3) is 5.23. The molecule has 0 saturated carbocycles. The smallest absolute Gasteiger partial charge is 0.121 e. The minimum Gasteiger partial charge on any atom is -0.507 e. The van der Waals surface area contributed by atoms with Gasteiger partial charge in [0.25, 0.3) is 0 Å². The quantitative estimate of drug-likeness (QED) is 0.790. The Kier molecular flexibility index (Phi) is 6.77. The van der Waals surface area contributed by atoms with Crippen LogP contribution in [-0.2, 0) is 13.0 Å². The Morgan fingerprint density at radius 1 is 1.04 bits per heavy atom. The summed E-state index contributed by atoms with van der Waals surface area (Å²) in [4.78, 5) is 4.76. The molecule has 1 aliphatic rings. The fourth-order valence-electron chi connectivity index (χ4n) is 3.72. The summed E-state index contributed by atoms with van der Waals surface area (Å²) in [5.41, 5.74) is 4.15. The van der Waals surface area contributed by atoms with Crippen LogP contribution in [0.3, 0.4) is 0 Å². The van der Waals surface area contributed by atoms with Gasteiger partial charge in [-0.05, 0) is 47.7 Å². The van der Waals surface area contributed by atoms with E-state index in [2.05, 4.69) is 28.9 Å². The van der Waals surface area contributed by atoms with E-state index >= 15 is 0 Å². The maximum atomic E-state index is 10.5. The average Bonchev–Trinajstić information content (AvgIpc) is 2.66. The average molecular weight is 389 g/mol. The van der Waals surface area contributed by atoms with Gasteiger partial charge in [0.2, 0.25) is 0 Å². The summed E-state index contributed by atoms with van der Waals surface area (Å²) < 4.78 is 0. The topological polar surface area (TPSA) is 46.9 Å². The van der Waals surface area contributed by atoms with Crippen molar-refractivity contribution in [3.05, 3.63) is 63.7 Å². The number of piperazine rings is 1. The lowest BCUT2D eigenvalue weighted by Crippen LogP contribution is -2.47. The van der Waals surface area contributed by atoms with Crippen molar-refractivity contribution in [2.75, 3.05) is 32.7 Å². The van der Waals surface area contributed by atoms with Crippen molar-refractivity contribution in [2.45, 2.75) is 32.9 Å². The lowest BCUT2D eigenvalue weighted by molar-refractivity contribution is 0.0701. The first-order valence-corrected chi connectivity index (χ1v) is 10.0. The number of aromatic hydroxyl groups is 1. The van der Waals surface area contributed by atoms with Crippen molar-refractivity contribution < 1.29 is 10.2 Å². The van der Waals surface area contributed by atoms with Crippen LogP contribution in [0, 0.1) is 6.92 Å². The summed E-state index contributed by atoms with van der Waals surface area (Å²) >= 11 is 5.92. The van der Waals surface area contributed by atoms with Gasteiger partial charge in [-0.1, -0.05) is 42.8 Å². The van der Waals surface area contributed by atoms with Crippen molar-refractivity contribution in [1.29, 1.82) is 0 Å². The predicted molar refractivity (Wildman–Crippen MR) is 110 cm³/mol. The van der Waals surface area contributed by atoms with E-state index in [0.29, 0.717) is 17.3 Å². The highest BCUT2D eigenvalue weighted by Gasteiger charge is 2.20. The highest BCUT2D eigenvalue weighted by atomic mass is 35.5. The zero-order valence-electron chi connectivity index (χ0n) is 16.2. The van der Waals surface area contributed by atoms with E-state index in [1.54, 1.807) is 0 Å². The van der Waals surface area contributed by atoms with Crippen LogP contribution in [0.2, 0.25) is 5.02 Å². The molecule has 1 atom stereocenters. The molecule has 27 heavy (non-hydrogen) atoms. The van der Waals surface area contributed by atoms with Gasteiger partial charge in [-0.25, -0.2) is 0 Å². The van der Waals surface area contributed by atoms with E-state index < -0.39 is 6.10 Å². The Labute approximate surface area is 167 Å². The zero-order chi connectivity index (χ0) is 19.4. The van der Waals surface area contributed by atoms with Crippen molar-refractivity contribution in [1.82, 2.24) is 9.80 Å². The van der Waals surface area contributed by atoms with Crippen LogP contribution in [0.25, 0.3) is 0 Å². The van der Waals surface area contributed by atoms with Crippen molar-refractivity contribution in [3.8, 4) is 5.75 Å². The van der Waals surface area contributed by atoms with Gasteiger partial charge < -0.3 is 10.2 Å². The van der Waals surface area contributed by atoms with E-state index in [4.69, 9.17) is 11.6 Å². The maximum Gasteiger partial charge on any atom is 0.121 e. The third-order valence-corrected chi connectivity index (χ3v) is 5.63. The Hall–Kier alpha value is -1.59. The largest absolute Gasteiger partial charge is 0.507 e. The fraction of sp³-hybridized carbons (Fsp3) is 0.455. The molecule has 1 saturated heterocycles. The summed E-state index contributed by atoms with van der Waals surface area (Å²) in [6.45, 7) is 9.45. The van der Waals surface area contributed by atoms with Gasteiger partial charge >= 0.3 is 0 Å². The molecule has 3 rings (SSSR count). The Balaban J connectivity index is 1.52. The van der Waals surface area contributed by atoms with Gasteiger partial charge in [-0.15, -0.1) is 0 Å². The minimum absolute atomic E-state index is 0.433. The predicted octanol–water partition coefficient (Wildman–Crippen LogP) is 3.77. The summed E-state index contributed by atoms with van der Waals surface area (Å²) in [5.74, 6) is 0.433. The molecule has 1 unspecified atom stereocenters. The van der Waals surface area contributed by atoms with Crippen LogP contribution >= 0.6 is 11.6 Å². The molecule has 146 valence electrons. The lowest BCUT2D eigenvalue weighted by atomic mass is 10.0. The molecule has 0 amide bonds. The highest BCUT2D eigenvalue weighted by Crippen LogP contribution is 2.25. The first-order chi connectivity index (χ1) is 13.0.